The zero-order valence-electron chi connectivity index (χ0n) is 19.1. The number of imidazole rings is 1. The van der Waals surface area contributed by atoms with E-state index in [-0.39, 0.29) is 11.6 Å². The second-order valence-electron chi connectivity index (χ2n) is 8.78. The molecule has 36 heavy (non-hydrogen) atoms. The number of phenols is 1. The molecule has 5 nitrogen and oxygen atoms in total. The SMILES string of the molecule is Cc1ccc(Cc2nc3c(-c4cc5sc6ccsc6c5s4)nc(-c4ccc(O)cc4)cn3c2O)cc1. The number of aryl methyl sites for hydroxylation is 1. The lowest BCUT2D eigenvalue weighted by Crippen LogP contribution is -1.95. The Balaban J connectivity index is 1.44. The van der Waals surface area contributed by atoms with Gasteiger partial charge < -0.3 is 10.2 Å². The maximum Gasteiger partial charge on any atom is 0.219 e. The molecular weight excluding hydrogens is 507 g/mol. The molecule has 0 saturated heterocycles. The Labute approximate surface area is 218 Å². The number of hydrogen-bond acceptors (Lipinski definition) is 7. The standard InChI is InChI=1S/C28H19N3O2S3/c1-15-2-4-16(5-3-15)12-19-28(33)31-14-20(17-6-8-18(32)9-7-17)29-24(27(31)30-19)22-13-23-26(36-22)25-21(35-23)10-11-34-25/h2-11,13-14,32-33H,12H2,1H3. The molecule has 0 aliphatic carbocycles. The van der Waals surface area contributed by atoms with Crippen LogP contribution in [0, 0.1) is 6.92 Å². The van der Waals surface area contributed by atoms with E-state index in [1.54, 1.807) is 50.5 Å². The van der Waals surface area contributed by atoms with Gasteiger partial charge in [-0.2, -0.15) is 0 Å². The van der Waals surface area contributed by atoms with E-state index in [1.807, 2.05) is 18.3 Å². The molecule has 176 valence electrons. The lowest BCUT2D eigenvalue weighted by Gasteiger charge is -2.07. The van der Waals surface area contributed by atoms with Crippen molar-refractivity contribution in [3.8, 4) is 33.5 Å². The lowest BCUT2D eigenvalue weighted by atomic mass is 10.1. The number of benzene rings is 2. The number of thiophene rings is 3. The largest absolute Gasteiger partial charge is 0.508 e. The summed E-state index contributed by atoms with van der Waals surface area (Å²) in [7, 11) is 0. The van der Waals surface area contributed by atoms with E-state index < -0.39 is 0 Å². The number of aromatic nitrogens is 3. The van der Waals surface area contributed by atoms with Crippen molar-refractivity contribution in [2.45, 2.75) is 13.3 Å². The minimum Gasteiger partial charge on any atom is -0.508 e. The first-order chi connectivity index (χ1) is 17.5. The fourth-order valence-corrected chi connectivity index (χ4v) is 8.18. The Kier molecular flexibility index (Phi) is 4.89. The summed E-state index contributed by atoms with van der Waals surface area (Å²) >= 11 is 5.27. The second kappa shape index (κ2) is 8.16. The Morgan fingerprint density at radius 1 is 0.861 bits per heavy atom. The Hall–Kier alpha value is -3.72. The molecule has 8 heteroatoms. The molecule has 0 saturated carbocycles. The summed E-state index contributed by atoms with van der Waals surface area (Å²) in [4.78, 5) is 10.9. The molecule has 0 fully saturated rings. The third kappa shape index (κ3) is 3.49. The van der Waals surface area contributed by atoms with Crippen LogP contribution in [-0.2, 0) is 6.42 Å². The van der Waals surface area contributed by atoms with Crippen LogP contribution in [0.1, 0.15) is 16.8 Å². The number of nitrogens with zero attached hydrogens (tertiary/aromatic N) is 3. The number of fused-ring (bicyclic) bond motifs is 4. The molecule has 0 bridgehead atoms. The molecule has 0 spiro atoms. The van der Waals surface area contributed by atoms with Crippen molar-refractivity contribution >= 4 is 58.5 Å². The lowest BCUT2D eigenvalue weighted by molar-refractivity contribution is 0.442. The van der Waals surface area contributed by atoms with Gasteiger partial charge in [-0.05, 0) is 54.3 Å². The molecule has 0 aliphatic rings. The first kappa shape index (κ1) is 21.6. The van der Waals surface area contributed by atoms with Crippen molar-refractivity contribution in [3.63, 3.8) is 0 Å². The third-order valence-electron chi connectivity index (χ3n) is 6.29. The molecular formula is C28H19N3O2S3. The maximum atomic E-state index is 11.2. The topological polar surface area (TPSA) is 70.7 Å². The van der Waals surface area contributed by atoms with E-state index in [4.69, 9.17) is 9.97 Å². The van der Waals surface area contributed by atoms with Crippen molar-refractivity contribution in [3.05, 3.63) is 89.1 Å². The van der Waals surface area contributed by atoms with Crippen LogP contribution >= 0.6 is 34.0 Å². The molecule has 2 aromatic carbocycles. The predicted molar refractivity (Wildman–Crippen MR) is 150 cm³/mol. The number of hydrogen-bond donors (Lipinski definition) is 2. The van der Waals surface area contributed by atoms with Gasteiger partial charge in [0.2, 0.25) is 5.88 Å². The number of aromatic hydroxyl groups is 2. The van der Waals surface area contributed by atoms with Crippen LogP contribution in [0.3, 0.4) is 0 Å². The second-order valence-corrected chi connectivity index (χ2v) is 11.8. The van der Waals surface area contributed by atoms with Gasteiger partial charge in [-0.3, -0.25) is 4.40 Å². The van der Waals surface area contributed by atoms with Gasteiger partial charge in [0.15, 0.2) is 5.65 Å². The van der Waals surface area contributed by atoms with Crippen LogP contribution in [0.4, 0.5) is 0 Å². The summed E-state index contributed by atoms with van der Waals surface area (Å²) in [6, 6.07) is 19.6. The van der Waals surface area contributed by atoms with Crippen molar-refractivity contribution in [1.82, 2.24) is 14.4 Å². The fourth-order valence-electron chi connectivity index (χ4n) is 4.42. The zero-order chi connectivity index (χ0) is 24.4. The Morgan fingerprint density at radius 3 is 2.47 bits per heavy atom. The van der Waals surface area contributed by atoms with Gasteiger partial charge in [0, 0.05) is 27.6 Å². The van der Waals surface area contributed by atoms with Crippen LogP contribution in [0.5, 0.6) is 11.6 Å². The van der Waals surface area contributed by atoms with Crippen molar-refractivity contribution < 1.29 is 10.2 Å². The first-order valence-electron chi connectivity index (χ1n) is 11.4. The normalized spacial score (nSPS) is 11.8. The van der Waals surface area contributed by atoms with E-state index in [9.17, 15) is 10.2 Å². The Morgan fingerprint density at radius 2 is 1.67 bits per heavy atom. The van der Waals surface area contributed by atoms with E-state index >= 15 is 0 Å². The molecule has 0 atom stereocenters. The smallest absolute Gasteiger partial charge is 0.219 e. The van der Waals surface area contributed by atoms with Crippen LogP contribution in [0.15, 0.2) is 72.2 Å². The average molecular weight is 526 g/mol. The highest BCUT2D eigenvalue weighted by Gasteiger charge is 2.21. The minimum atomic E-state index is 0.119. The molecule has 5 aromatic heterocycles. The quantitative estimate of drug-likeness (QED) is 0.245. The zero-order valence-corrected chi connectivity index (χ0v) is 21.5. The molecule has 2 N–H and O–H groups in total. The van der Waals surface area contributed by atoms with Gasteiger partial charge >= 0.3 is 0 Å². The fraction of sp³-hybridized carbons (Fsp3) is 0.0714. The monoisotopic (exact) mass is 525 g/mol. The number of phenolic OH excluding ortho intramolecular Hbond substituents is 1. The molecule has 5 heterocycles. The Bertz CT molecular complexity index is 1890. The molecule has 7 aromatic rings. The van der Waals surface area contributed by atoms with Crippen LogP contribution in [-0.4, -0.2) is 24.6 Å². The summed E-state index contributed by atoms with van der Waals surface area (Å²) in [5.41, 5.74) is 5.82. The highest BCUT2D eigenvalue weighted by atomic mass is 32.1. The highest BCUT2D eigenvalue weighted by Crippen LogP contribution is 2.45. The van der Waals surface area contributed by atoms with Gasteiger partial charge in [-0.1, -0.05) is 29.8 Å². The van der Waals surface area contributed by atoms with Crippen LogP contribution in [0.25, 0.3) is 46.3 Å². The number of rotatable bonds is 4. The molecule has 0 radical (unpaired) electrons. The molecule has 0 aliphatic heterocycles. The van der Waals surface area contributed by atoms with Gasteiger partial charge in [-0.25, -0.2) is 9.97 Å². The highest BCUT2D eigenvalue weighted by molar-refractivity contribution is 7.39. The summed E-state index contributed by atoms with van der Waals surface area (Å²) < 4.78 is 6.86. The summed E-state index contributed by atoms with van der Waals surface area (Å²) in [6.45, 7) is 2.06. The van der Waals surface area contributed by atoms with E-state index in [1.165, 1.54) is 24.4 Å². The average Bonchev–Trinajstić information content (AvgIpc) is 3.63. The first-order valence-corrected chi connectivity index (χ1v) is 13.9. The van der Waals surface area contributed by atoms with Crippen molar-refractivity contribution in [2.24, 2.45) is 0 Å². The summed E-state index contributed by atoms with van der Waals surface area (Å²) in [5, 5.41) is 23.1. The van der Waals surface area contributed by atoms with Crippen LogP contribution in [0.2, 0.25) is 0 Å². The van der Waals surface area contributed by atoms with E-state index in [0.717, 1.165) is 21.7 Å². The third-order valence-corrected chi connectivity index (χ3v) is 9.87. The van der Waals surface area contributed by atoms with Gasteiger partial charge in [0.05, 0.1) is 20.0 Å². The van der Waals surface area contributed by atoms with Crippen LogP contribution < -0.4 is 0 Å². The molecule has 0 amide bonds. The summed E-state index contributed by atoms with van der Waals surface area (Å²) in [6.07, 6.45) is 2.34. The molecule has 7 rings (SSSR count). The summed E-state index contributed by atoms with van der Waals surface area (Å²) in [5.74, 6) is 0.317. The van der Waals surface area contributed by atoms with E-state index in [2.05, 4.69) is 48.7 Å². The minimum absolute atomic E-state index is 0.119. The van der Waals surface area contributed by atoms with Gasteiger partial charge in [0.1, 0.15) is 17.1 Å². The maximum absolute atomic E-state index is 11.2. The predicted octanol–water partition coefficient (Wildman–Crippen LogP) is 7.86. The van der Waals surface area contributed by atoms with Gasteiger partial charge in [-0.15, -0.1) is 34.0 Å². The van der Waals surface area contributed by atoms with Gasteiger partial charge in [0.25, 0.3) is 0 Å². The van der Waals surface area contributed by atoms with E-state index in [0.29, 0.717) is 23.5 Å². The molecule has 0 unspecified atom stereocenters. The van der Waals surface area contributed by atoms with Crippen molar-refractivity contribution in [1.29, 1.82) is 0 Å². The van der Waals surface area contributed by atoms with Crippen molar-refractivity contribution in [2.75, 3.05) is 0 Å².